The van der Waals surface area contributed by atoms with Crippen LogP contribution in [0.3, 0.4) is 0 Å². The minimum absolute atomic E-state index is 0.320. The van der Waals surface area contributed by atoms with Crippen LogP contribution in [0.25, 0.3) is 22.3 Å². The van der Waals surface area contributed by atoms with E-state index in [1.807, 2.05) is 0 Å². The van der Waals surface area contributed by atoms with E-state index in [1.165, 1.54) is 32.0 Å². The third-order valence-electron chi connectivity index (χ3n) is 7.01. The molecule has 2 aliphatic rings. The Labute approximate surface area is 182 Å². The summed E-state index contributed by atoms with van der Waals surface area (Å²) in [6.45, 7) is 8.43. The number of rotatable bonds is 2. The standard InChI is InChI=1S/C26H29BO2S/c1-25(2)26(3,4)29-27(28-25)20-13-15-22-21-14-12-19(18-10-8-7-9-11-18)16-23(21)30(5,6)24(22)17-20/h7-17H,1-6H3. The Balaban J connectivity index is 1.56. The van der Waals surface area contributed by atoms with E-state index in [4.69, 9.17) is 9.31 Å². The zero-order chi connectivity index (χ0) is 21.3. The zero-order valence-electron chi connectivity index (χ0n) is 18.7. The molecule has 2 aliphatic heterocycles. The van der Waals surface area contributed by atoms with Crippen molar-refractivity contribution in [3.8, 4) is 22.3 Å². The molecular formula is C26H29BO2S. The van der Waals surface area contributed by atoms with Gasteiger partial charge in [-0.1, -0.05) is 54.6 Å². The molecule has 0 saturated carbocycles. The average molecular weight is 416 g/mol. The van der Waals surface area contributed by atoms with Gasteiger partial charge in [0.1, 0.15) is 0 Å². The van der Waals surface area contributed by atoms with Crippen LogP contribution in [0.4, 0.5) is 0 Å². The fourth-order valence-corrected chi connectivity index (χ4v) is 6.95. The van der Waals surface area contributed by atoms with E-state index >= 15 is 0 Å². The number of hydrogen-bond donors (Lipinski definition) is 0. The Morgan fingerprint density at radius 1 is 0.667 bits per heavy atom. The Kier molecular flexibility index (Phi) is 4.31. The third kappa shape index (κ3) is 2.89. The number of hydrogen-bond acceptors (Lipinski definition) is 2. The molecule has 1 fully saturated rings. The monoisotopic (exact) mass is 416 g/mol. The van der Waals surface area contributed by atoms with Crippen molar-refractivity contribution in [1.82, 2.24) is 0 Å². The van der Waals surface area contributed by atoms with E-state index in [9.17, 15) is 0 Å². The quantitative estimate of drug-likeness (QED) is 0.469. The molecular weight excluding hydrogens is 387 g/mol. The van der Waals surface area contributed by atoms with Crippen molar-refractivity contribution >= 4 is 22.6 Å². The Morgan fingerprint density at radius 2 is 1.23 bits per heavy atom. The van der Waals surface area contributed by atoms with Crippen molar-refractivity contribution in [2.75, 3.05) is 12.5 Å². The highest BCUT2D eigenvalue weighted by Crippen LogP contribution is 2.67. The van der Waals surface area contributed by atoms with Crippen molar-refractivity contribution in [2.24, 2.45) is 0 Å². The molecule has 30 heavy (non-hydrogen) atoms. The molecule has 3 aromatic rings. The molecule has 0 amide bonds. The highest BCUT2D eigenvalue weighted by atomic mass is 32.3. The number of benzene rings is 3. The van der Waals surface area contributed by atoms with Crippen molar-refractivity contribution in [3.63, 3.8) is 0 Å². The van der Waals surface area contributed by atoms with E-state index in [0.29, 0.717) is 0 Å². The van der Waals surface area contributed by atoms with Gasteiger partial charge in [0.2, 0.25) is 0 Å². The van der Waals surface area contributed by atoms with Crippen molar-refractivity contribution in [3.05, 3.63) is 66.7 Å². The Morgan fingerprint density at radius 3 is 1.87 bits per heavy atom. The molecule has 0 spiro atoms. The molecule has 0 unspecified atom stereocenters. The largest absolute Gasteiger partial charge is 0.494 e. The summed E-state index contributed by atoms with van der Waals surface area (Å²) in [5, 5.41) is 0. The van der Waals surface area contributed by atoms with Gasteiger partial charge in [-0.3, -0.25) is 0 Å². The van der Waals surface area contributed by atoms with Gasteiger partial charge >= 0.3 is 7.12 Å². The minimum Gasteiger partial charge on any atom is -0.399 e. The molecule has 0 radical (unpaired) electrons. The maximum absolute atomic E-state index is 6.32. The summed E-state index contributed by atoms with van der Waals surface area (Å²) in [6.07, 6.45) is 4.81. The first-order valence-corrected chi connectivity index (χ1v) is 13.0. The topological polar surface area (TPSA) is 18.5 Å². The molecule has 2 nitrogen and oxygen atoms in total. The fraction of sp³-hybridized carbons (Fsp3) is 0.308. The SMILES string of the molecule is CC1(C)OB(c2ccc3c(c2)S(C)(C)c2cc(-c4ccccc4)ccc2-3)OC1(C)C. The van der Waals surface area contributed by atoms with Crippen LogP contribution in [0.5, 0.6) is 0 Å². The van der Waals surface area contributed by atoms with E-state index in [-0.39, 0.29) is 18.3 Å². The summed E-state index contributed by atoms with van der Waals surface area (Å²) in [5.41, 5.74) is 5.73. The van der Waals surface area contributed by atoms with Crippen LogP contribution >= 0.6 is 10.0 Å². The second-order valence-corrected chi connectivity index (χ2v) is 13.3. The summed E-state index contributed by atoms with van der Waals surface area (Å²) < 4.78 is 12.6. The van der Waals surface area contributed by atoms with E-state index in [2.05, 4.69) is 107 Å². The van der Waals surface area contributed by atoms with E-state index < -0.39 is 10.0 Å². The predicted octanol–water partition coefficient (Wildman–Crippen LogP) is 6.12. The molecule has 1 saturated heterocycles. The first-order valence-electron chi connectivity index (χ1n) is 10.5. The Hall–Kier alpha value is -2.01. The lowest BCUT2D eigenvalue weighted by molar-refractivity contribution is 0.00578. The molecule has 0 N–H and O–H groups in total. The fourth-order valence-electron chi connectivity index (χ4n) is 4.41. The molecule has 5 rings (SSSR count). The molecule has 0 bridgehead atoms. The third-order valence-corrected chi connectivity index (χ3v) is 9.88. The molecule has 0 atom stereocenters. The average Bonchev–Trinajstić information content (AvgIpc) is 3.08. The van der Waals surface area contributed by atoms with Crippen molar-refractivity contribution in [1.29, 1.82) is 0 Å². The molecule has 0 aromatic heterocycles. The molecule has 154 valence electrons. The van der Waals surface area contributed by atoms with Gasteiger partial charge < -0.3 is 9.31 Å². The van der Waals surface area contributed by atoms with Gasteiger partial charge in [-0.15, -0.1) is 0 Å². The van der Waals surface area contributed by atoms with Crippen LogP contribution in [0, 0.1) is 0 Å². The summed E-state index contributed by atoms with van der Waals surface area (Å²) in [5.74, 6) is 0. The summed E-state index contributed by atoms with van der Waals surface area (Å²) in [4.78, 5) is 2.89. The van der Waals surface area contributed by atoms with Crippen LogP contribution < -0.4 is 5.46 Å². The van der Waals surface area contributed by atoms with Gasteiger partial charge in [-0.05, 0) is 80.1 Å². The van der Waals surface area contributed by atoms with Gasteiger partial charge in [-0.25, -0.2) is 0 Å². The van der Waals surface area contributed by atoms with Crippen molar-refractivity contribution < 1.29 is 9.31 Å². The van der Waals surface area contributed by atoms with Crippen molar-refractivity contribution in [2.45, 2.75) is 48.7 Å². The highest BCUT2D eigenvalue weighted by Gasteiger charge is 2.52. The Bertz CT molecular complexity index is 1120. The summed E-state index contributed by atoms with van der Waals surface area (Å²) >= 11 is 0. The predicted molar refractivity (Wildman–Crippen MR) is 129 cm³/mol. The zero-order valence-corrected chi connectivity index (χ0v) is 19.5. The van der Waals surface area contributed by atoms with E-state index in [1.54, 1.807) is 0 Å². The maximum atomic E-state index is 6.32. The van der Waals surface area contributed by atoms with Crippen LogP contribution in [0.15, 0.2) is 76.5 Å². The number of fused-ring (bicyclic) bond motifs is 3. The van der Waals surface area contributed by atoms with Gasteiger partial charge in [0.05, 0.1) is 11.2 Å². The minimum atomic E-state index is -1.12. The molecule has 3 aromatic carbocycles. The normalized spacial score (nSPS) is 21.2. The lowest BCUT2D eigenvalue weighted by Gasteiger charge is -2.32. The summed E-state index contributed by atoms with van der Waals surface area (Å²) in [7, 11) is -1.44. The second kappa shape index (κ2) is 6.50. The van der Waals surface area contributed by atoms with Crippen LogP contribution in [-0.4, -0.2) is 30.8 Å². The molecule has 2 heterocycles. The van der Waals surface area contributed by atoms with Gasteiger partial charge in [0.15, 0.2) is 0 Å². The van der Waals surface area contributed by atoms with Crippen LogP contribution in [-0.2, 0) is 9.31 Å². The lowest BCUT2D eigenvalue weighted by Crippen LogP contribution is -2.41. The molecule has 4 heteroatoms. The van der Waals surface area contributed by atoms with Gasteiger partial charge in [-0.2, -0.15) is 10.0 Å². The first-order chi connectivity index (χ1) is 14.1. The van der Waals surface area contributed by atoms with Crippen LogP contribution in [0.1, 0.15) is 27.7 Å². The molecule has 0 aliphatic carbocycles. The second-order valence-electron chi connectivity index (χ2n) is 9.75. The smallest absolute Gasteiger partial charge is 0.399 e. The summed E-state index contributed by atoms with van der Waals surface area (Å²) in [6, 6.07) is 24.4. The first kappa shape index (κ1) is 19.9. The lowest BCUT2D eigenvalue weighted by atomic mass is 9.78. The van der Waals surface area contributed by atoms with Gasteiger partial charge in [0.25, 0.3) is 0 Å². The highest BCUT2D eigenvalue weighted by molar-refractivity contribution is 8.33. The van der Waals surface area contributed by atoms with Gasteiger partial charge in [0, 0.05) is 9.79 Å². The maximum Gasteiger partial charge on any atom is 0.494 e. The van der Waals surface area contributed by atoms with Crippen LogP contribution in [0.2, 0.25) is 0 Å². The van der Waals surface area contributed by atoms with E-state index in [0.717, 1.165) is 5.46 Å².